The van der Waals surface area contributed by atoms with Gasteiger partial charge in [0.25, 0.3) is 0 Å². The third kappa shape index (κ3) is 3.67. The van der Waals surface area contributed by atoms with Crippen LogP contribution in [0.1, 0.15) is 13.8 Å². The van der Waals surface area contributed by atoms with E-state index in [2.05, 4.69) is 0 Å². The summed E-state index contributed by atoms with van der Waals surface area (Å²) in [6.07, 6.45) is 0. The number of sulfonamides is 1. The molecule has 3 rings (SSSR count). The molecule has 0 unspecified atom stereocenters. The zero-order chi connectivity index (χ0) is 19.6. The number of hydrogen-bond acceptors (Lipinski definition) is 7. The highest BCUT2D eigenvalue weighted by atomic mass is 32.2. The fourth-order valence-corrected chi connectivity index (χ4v) is 4.15. The number of benzene rings is 2. The van der Waals surface area contributed by atoms with Crippen LogP contribution in [0.25, 0.3) is 0 Å². The maximum atomic E-state index is 12.6. The van der Waals surface area contributed by atoms with E-state index in [0.717, 1.165) is 6.07 Å². The molecule has 0 radical (unpaired) electrons. The van der Waals surface area contributed by atoms with Crippen LogP contribution >= 0.6 is 0 Å². The smallest absolute Gasteiger partial charge is 0.312 e. The van der Waals surface area contributed by atoms with Crippen LogP contribution in [0.15, 0.2) is 41.3 Å². The van der Waals surface area contributed by atoms with Crippen molar-refractivity contribution in [2.45, 2.75) is 18.7 Å². The van der Waals surface area contributed by atoms with E-state index < -0.39 is 20.6 Å². The zero-order valence-electron chi connectivity index (χ0n) is 14.7. The molecule has 144 valence electrons. The van der Waals surface area contributed by atoms with E-state index in [4.69, 9.17) is 14.2 Å². The summed E-state index contributed by atoms with van der Waals surface area (Å²) in [6.45, 7) is 4.03. The molecule has 0 spiro atoms. The molecule has 0 saturated carbocycles. The van der Waals surface area contributed by atoms with Crippen molar-refractivity contribution in [3.63, 3.8) is 0 Å². The molecule has 0 fully saturated rings. The summed E-state index contributed by atoms with van der Waals surface area (Å²) in [5.74, 6) is 1.26. The molecule has 9 nitrogen and oxygen atoms in total. The van der Waals surface area contributed by atoms with Gasteiger partial charge in [0.2, 0.25) is 22.6 Å². The van der Waals surface area contributed by atoms with E-state index in [1.807, 2.05) is 0 Å². The van der Waals surface area contributed by atoms with Gasteiger partial charge in [0.15, 0.2) is 11.5 Å². The lowest BCUT2D eigenvalue weighted by molar-refractivity contribution is -0.385. The molecule has 2 aromatic carbocycles. The minimum absolute atomic E-state index is 0.0719. The largest absolute Gasteiger partial charge is 0.454 e. The van der Waals surface area contributed by atoms with E-state index in [-0.39, 0.29) is 30.5 Å². The van der Waals surface area contributed by atoms with Crippen molar-refractivity contribution in [2.24, 2.45) is 0 Å². The fourth-order valence-electron chi connectivity index (χ4n) is 2.67. The fraction of sp³-hybridized carbons (Fsp3) is 0.294. The third-order valence-corrected chi connectivity index (χ3v) is 6.09. The lowest BCUT2D eigenvalue weighted by atomic mass is 10.2. The number of fused-ring (bicyclic) bond motifs is 1. The maximum absolute atomic E-state index is 12.6. The topological polar surface area (TPSA) is 108 Å². The van der Waals surface area contributed by atoms with Gasteiger partial charge in [-0.3, -0.25) is 10.1 Å². The van der Waals surface area contributed by atoms with Crippen molar-refractivity contribution in [2.75, 3.05) is 19.9 Å². The van der Waals surface area contributed by atoms with E-state index in [1.165, 1.54) is 16.4 Å². The Labute approximate surface area is 156 Å². The van der Waals surface area contributed by atoms with E-state index in [1.54, 1.807) is 32.0 Å². The molecule has 0 amide bonds. The number of nitrogens with zero attached hydrogens (tertiary/aromatic N) is 2. The molecule has 1 aliphatic heterocycles. The van der Waals surface area contributed by atoms with Crippen molar-refractivity contribution < 1.29 is 27.6 Å². The van der Waals surface area contributed by atoms with Crippen LogP contribution < -0.4 is 14.2 Å². The van der Waals surface area contributed by atoms with Gasteiger partial charge in [0.1, 0.15) is 5.75 Å². The Bertz CT molecular complexity index is 971. The molecule has 1 aliphatic rings. The quantitative estimate of drug-likeness (QED) is 0.524. The van der Waals surface area contributed by atoms with E-state index >= 15 is 0 Å². The summed E-state index contributed by atoms with van der Waals surface area (Å²) in [4.78, 5) is 10.6. The molecule has 2 aromatic rings. The molecule has 0 saturated heterocycles. The average molecular weight is 394 g/mol. The number of nitro groups is 1. The molecule has 27 heavy (non-hydrogen) atoms. The monoisotopic (exact) mass is 394 g/mol. The summed E-state index contributed by atoms with van der Waals surface area (Å²) >= 11 is 0. The number of hydrogen-bond donors (Lipinski definition) is 0. The van der Waals surface area contributed by atoms with Crippen LogP contribution in [0, 0.1) is 10.1 Å². The van der Waals surface area contributed by atoms with Gasteiger partial charge in [-0.1, -0.05) is 13.8 Å². The Balaban J connectivity index is 1.96. The van der Waals surface area contributed by atoms with Gasteiger partial charge >= 0.3 is 5.69 Å². The summed E-state index contributed by atoms with van der Waals surface area (Å²) in [5.41, 5.74) is -0.444. The number of rotatable bonds is 7. The standard InChI is InChI=1S/C17H18N2O7S/c1-3-18(4-2)27(22,23)13-6-8-15(14(10-13)19(20)21)26-12-5-7-16-17(9-12)25-11-24-16/h5-10H,3-4,11H2,1-2H3. The minimum atomic E-state index is -3.82. The normalized spacial score (nSPS) is 13.0. The summed E-state index contributed by atoms with van der Waals surface area (Å²) < 4.78 is 42.5. The highest BCUT2D eigenvalue weighted by molar-refractivity contribution is 7.89. The zero-order valence-corrected chi connectivity index (χ0v) is 15.6. The van der Waals surface area contributed by atoms with Crippen LogP contribution in [0.4, 0.5) is 5.69 Å². The average Bonchev–Trinajstić information content (AvgIpc) is 3.10. The molecule has 10 heteroatoms. The van der Waals surface area contributed by atoms with Gasteiger partial charge in [0, 0.05) is 25.2 Å². The van der Waals surface area contributed by atoms with Crippen LogP contribution in [0.2, 0.25) is 0 Å². The SMILES string of the molecule is CCN(CC)S(=O)(=O)c1ccc(Oc2ccc3c(c2)OCO3)c([N+](=O)[O-])c1. The van der Waals surface area contributed by atoms with Crippen molar-refractivity contribution in [3.8, 4) is 23.0 Å². The van der Waals surface area contributed by atoms with Crippen LogP contribution in [-0.4, -0.2) is 37.5 Å². The van der Waals surface area contributed by atoms with Crippen molar-refractivity contribution in [1.82, 2.24) is 4.31 Å². The van der Waals surface area contributed by atoms with Gasteiger partial charge in [-0.05, 0) is 24.3 Å². The first-order chi connectivity index (χ1) is 12.9. The van der Waals surface area contributed by atoms with Crippen LogP contribution in [-0.2, 0) is 10.0 Å². The first kappa shape index (κ1) is 18.9. The Morgan fingerprint density at radius 3 is 2.48 bits per heavy atom. The lowest BCUT2D eigenvalue weighted by Crippen LogP contribution is -2.30. The molecule has 0 aliphatic carbocycles. The van der Waals surface area contributed by atoms with E-state index in [0.29, 0.717) is 17.2 Å². The molecule has 0 bridgehead atoms. The highest BCUT2D eigenvalue weighted by Gasteiger charge is 2.26. The predicted molar refractivity (Wildman–Crippen MR) is 95.8 cm³/mol. The molecular weight excluding hydrogens is 376 g/mol. The summed E-state index contributed by atoms with van der Waals surface area (Å²) in [6, 6.07) is 8.34. The lowest BCUT2D eigenvalue weighted by Gasteiger charge is -2.18. The van der Waals surface area contributed by atoms with Crippen molar-refractivity contribution >= 4 is 15.7 Å². The second-order valence-corrected chi connectivity index (χ2v) is 7.53. The Hall–Kier alpha value is -2.85. The minimum Gasteiger partial charge on any atom is -0.454 e. The van der Waals surface area contributed by atoms with Crippen molar-refractivity contribution in [3.05, 3.63) is 46.5 Å². The maximum Gasteiger partial charge on any atom is 0.312 e. The van der Waals surface area contributed by atoms with Gasteiger partial charge in [0.05, 0.1) is 9.82 Å². The molecule has 0 aromatic heterocycles. The van der Waals surface area contributed by atoms with Gasteiger partial charge < -0.3 is 14.2 Å². The van der Waals surface area contributed by atoms with Crippen LogP contribution in [0.5, 0.6) is 23.0 Å². The second kappa shape index (κ2) is 7.41. The third-order valence-electron chi connectivity index (χ3n) is 4.04. The Morgan fingerprint density at radius 2 is 1.81 bits per heavy atom. The summed E-state index contributed by atoms with van der Waals surface area (Å²) in [7, 11) is -3.82. The first-order valence-electron chi connectivity index (χ1n) is 8.23. The van der Waals surface area contributed by atoms with Crippen molar-refractivity contribution in [1.29, 1.82) is 0 Å². The molecular formula is C17H18N2O7S. The first-order valence-corrected chi connectivity index (χ1v) is 9.67. The molecule has 0 atom stereocenters. The van der Waals surface area contributed by atoms with Gasteiger partial charge in [-0.15, -0.1) is 0 Å². The highest BCUT2D eigenvalue weighted by Crippen LogP contribution is 2.39. The molecule has 1 heterocycles. The van der Waals surface area contributed by atoms with E-state index in [9.17, 15) is 18.5 Å². The summed E-state index contributed by atoms with van der Waals surface area (Å²) in [5, 5.41) is 11.5. The second-order valence-electron chi connectivity index (χ2n) is 5.59. The Morgan fingerprint density at radius 1 is 1.11 bits per heavy atom. The number of nitro benzene ring substituents is 1. The predicted octanol–water partition coefficient (Wildman–Crippen LogP) is 3.15. The Kier molecular flexibility index (Phi) is 5.19. The van der Waals surface area contributed by atoms with Gasteiger partial charge in [-0.25, -0.2) is 8.42 Å². The molecule has 0 N–H and O–H groups in total. The number of ether oxygens (including phenoxy) is 3. The van der Waals surface area contributed by atoms with Crippen LogP contribution in [0.3, 0.4) is 0 Å². The van der Waals surface area contributed by atoms with Gasteiger partial charge in [-0.2, -0.15) is 4.31 Å².